The standard InChI is InChI=1S/C16H19N3O3/c1-22-12-2-3-15-13(8-12)14(9-17-18-15)16(21)10-19-6-4-11(20)5-7-19/h2-3,8-9,16,21H,4-7,10H2,1H3/t16-/m0/s1. The Bertz CT molecular complexity index is 679. The molecule has 3 rings (SSSR count). The summed E-state index contributed by atoms with van der Waals surface area (Å²) < 4.78 is 5.24. The molecule has 1 N–H and O–H groups in total. The molecule has 0 bridgehead atoms. The number of hydrogen-bond donors (Lipinski definition) is 1. The number of ketones is 1. The number of likely N-dealkylation sites (tertiary alicyclic amines) is 1. The number of methoxy groups -OCH3 is 1. The number of carbonyl (C=O) groups is 1. The van der Waals surface area contributed by atoms with E-state index in [-0.39, 0.29) is 0 Å². The van der Waals surface area contributed by atoms with Gasteiger partial charge in [0.05, 0.1) is 24.9 Å². The highest BCUT2D eigenvalue weighted by molar-refractivity contribution is 5.83. The summed E-state index contributed by atoms with van der Waals surface area (Å²) >= 11 is 0. The molecule has 2 aromatic rings. The average Bonchev–Trinajstić information content (AvgIpc) is 2.55. The van der Waals surface area contributed by atoms with Gasteiger partial charge in [0.15, 0.2) is 0 Å². The van der Waals surface area contributed by atoms with Crippen molar-refractivity contribution in [2.45, 2.75) is 18.9 Å². The van der Waals surface area contributed by atoms with Crippen molar-refractivity contribution in [1.82, 2.24) is 15.1 Å². The zero-order chi connectivity index (χ0) is 15.5. The quantitative estimate of drug-likeness (QED) is 0.918. The molecular weight excluding hydrogens is 282 g/mol. The molecule has 0 saturated carbocycles. The SMILES string of the molecule is COc1ccc2nncc([C@@H](O)CN3CCC(=O)CC3)c2c1. The van der Waals surface area contributed by atoms with E-state index in [1.165, 1.54) is 0 Å². The summed E-state index contributed by atoms with van der Waals surface area (Å²) in [6.07, 6.45) is 2.06. The number of fused-ring (bicyclic) bond motifs is 1. The Morgan fingerprint density at radius 2 is 2.14 bits per heavy atom. The largest absolute Gasteiger partial charge is 0.497 e. The van der Waals surface area contributed by atoms with Gasteiger partial charge in [0.25, 0.3) is 0 Å². The fourth-order valence-electron chi connectivity index (χ4n) is 2.78. The van der Waals surface area contributed by atoms with Crippen LogP contribution in [0.2, 0.25) is 0 Å². The molecule has 1 aliphatic rings. The molecule has 0 unspecified atom stereocenters. The minimum Gasteiger partial charge on any atom is -0.497 e. The van der Waals surface area contributed by atoms with Crippen LogP contribution in [0.15, 0.2) is 24.4 Å². The first-order valence-corrected chi connectivity index (χ1v) is 7.39. The number of aliphatic hydroxyl groups excluding tert-OH is 1. The highest BCUT2D eigenvalue weighted by Crippen LogP contribution is 2.26. The summed E-state index contributed by atoms with van der Waals surface area (Å²) in [7, 11) is 1.61. The topological polar surface area (TPSA) is 75.6 Å². The van der Waals surface area contributed by atoms with Gasteiger partial charge >= 0.3 is 0 Å². The van der Waals surface area contributed by atoms with Gasteiger partial charge in [-0.05, 0) is 18.2 Å². The van der Waals surface area contributed by atoms with Gasteiger partial charge in [0.1, 0.15) is 11.5 Å². The van der Waals surface area contributed by atoms with Gasteiger partial charge in [-0.15, -0.1) is 0 Å². The van der Waals surface area contributed by atoms with Gasteiger partial charge in [0, 0.05) is 43.4 Å². The van der Waals surface area contributed by atoms with Crippen molar-refractivity contribution in [2.24, 2.45) is 0 Å². The average molecular weight is 301 g/mol. The Hall–Kier alpha value is -2.05. The number of piperidine rings is 1. The molecule has 0 spiro atoms. The van der Waals surface area contributed by atoms with Gasteiger partial charge in [-0.1, -0.05) is 0 Å². The zero-order valence-electron chi connectivity index (χ0n) is 12.5. The summed E-state index contributed by atoms with van der Waals surface area (Å²) in [4.78, 5) is 13.4. The maximum Gasteiger partial charge on any atom is 0.135 e. The highest BCUT2D eigenvalue weighted by atomic mass is 16.5. The van der Waals surface area contributed by atoms with E-state index >= 15 is 0 Å². The van der Waals surface area contributed by atoms with Gasteiger partial charge in [-0.3, -0.25) is 9.69 Å². The lowest BCUT2D eigenvalue weighted by atomic mass is 10.0. The molecule has 116 valence electrons. The molecule has 6 heteroatoms. The molecule has 1 aromatic carbocycles. The Kier molecular flexibility index (Phi) is 4.31. The number of ether oxygens (including phenoxy) is 1. The second kappa shape index (κ2) is 6.37. The first-order valence-electron chi connectivity index (χ1n) is 7.39. The molecular formula is C16H19N3O3. The molecule has 1 atom stereocenters. The highest BCUT2D eigenvalue weighted by Gasteiger charge is 2.21. The molecule has 1 fully saturated rings. The smallest absolute Gasteiger partial charge is 0.135 e. The van der Waals surface area contributed by atoms with E-state index < -0.39 is 6.10 Å². The van der Waals surface area contributed by atoms with Crippen LogP contribution in [0.1, 0.15) is 24.5 Å². The lowest BCUT2D eigenvalue weighted by Gasteiger charge is -2.28. The second-order valence-electron chi connectivity index (χ2n) is 5.54. The number of nitrogens with zero attached hydrogens (tertiary/aromatic N) is 3. The Morgan fingerprint density at radius 1 is 1.36 bits per heavy atom. The van der Waals surface area contributed by atoms with Crippen LogP contribution in [0, 0.1) is 0 Å². The number of Topliss-reactive ketones (excluding diaryl/α,β-unsaturated/α-hetero) is 1. The first kappa shape index (κ1) is 14.9. The van der Waals surface area contributed by atoms with Gasteiger partial charge in [-0.25, -0.2) is 0 Å². The Morgan fingerprint density at radius 3 is 2.86 bits per heavy atom. The minimum absolute atomic E-state index is 0.298. The van der Waals surface area contributed by atoms with Crippen LogP contribution < -0.4 is 4.74 Å². The van der Waals surface area contributed by atoms with E-state index in [0.29, 0.717) is 38.3 Å². The lowest BCUT2D eigenvalue weighted by Crippen LogP contribution is -2.36. The molecule has 2 heterocycles. The Balaban J connectivity index is 1.83. The van der Waals surface area contributed by atoms with Crippen LogP contribution in [0.4, 0.5) is 0 Å². The normalized spacial score (nSPS) is 17.6. The van der Waals surface area contributed by atoms with Gasteiger partial charge in [0.2, 0.25) is 0 Å². The summed E-state index contributed by atoms with van der Waals surface area (Å²) in [6.45, 7) is 1.90. The second-order valence-corrected chi connectivity index (χ2v) is 5.54. The van der Waals surface area contributed by atoms with Crippen molar-refractivity contribution < 1.29 is 14.6 Å². The number of rotatable bonds is 4. The van der Waals surface area contributed by atoms with Crippen LogP contribution in [-0.4, -0.2) is 52.7 Å². The summed E-state index contributed by atoms with van der Waals surface area (Å²) in [5, 5.41) is 19.5. The molecule has 0 radical (unpaired) electrons. The molecule has 6 nitrogen and oxygen atoms in total. The molecule has 1 aliphatic heterocycles. The van der Waals surface area contributed by atoms with Crippen molar-refractivity contribution in [3.63, 3.8) is 0 Å². The van der Waals surface area contributed by atoms with Crippen LogP contribution in [0.3, 0.4) is 0 Å². The maximum absolute atomic E-state index is 11.3. The number of benzene rings is 1. The lowest BCUT2D eigenvalue weighted by molar-refractivity contribution is -0.121. The third kappa shape index (κ3) is 3.08. The van der Waals surface area contributed by atoms with Crippen molar-refractivity contribution in [3.05, 3.63) is 30.0 Å². The van der Waals surface area contributed by atoms with Gasteiger partial charge < -0.3 is 9.84 Å². The maximum atomic E-state index is 11.3. The predicted octanol–water partition coefficient (Wildman–Crippen LogP) is 1.34. The first-order chi connectivity index (χ1) is 10.7. The van der Waals surface area contributed by atoms with Crippen molar-refractivity contribution >= 4 is 16.7 Å². The van der Waals surface area contributed by atoms with E-state index in [4.69, 9.17) is 4.74 Å². The molecule has 1 saturated heterocycles. The minimum atomic E-state index is -0.668. The zero-order valence-corrected chi connectivity index (χ0v) is 12.5. The van der Waals surface area contributed by atoms with Crippen LogP contribution in [0.25, 0.3) is 10.9 Å². The van der Waals surface area contributed by atoms with Crippen LogP contribution in [-0.2, 0) is 4.79 Å². The van der Waals surface area contributed by atoms with E-state index in [1.54, 1.807) is 13.3 Å². The fraction of sp³-hybridized carbons (Fsp3) is 0.438. The number of β-amino-alcohol motifs (C(OH)–C–C–N with tert-alkyl or cyclic N) is 1. The summed E-state index contributed by atoms with van der Waals surface area (Å²) in [5.41, 5.74) is 1.46. The monoisotopic (exact) mass is 301 g/mol. The molecule has 1 aromatic heterocycles. The van der Waals surface area contributed by atoms with E-state index in [0.717, 1.165) is 22.2 Å². The third-order valence-corrected chi connectivity index (χ3v) is 4.08. The van der Waals surface area contributed by atoms with Crippen LogP contribution in [0.5, 0.6) is 5.75 Å². The van der Waals surface area contributed by atoms with Crippen molar-refractivity contribution in [2.75, 3.05) is 26.7 Å². The fourth-order valence-corrected chi connectivity index (χ4v) is 2.78. The van der Waals surface area contributed by atoms with E-state index in [1.807, 2.05) is 18.2 Å². The number of hydrogen-bond acceptors (Lipinski definition) is 6. The Labute approximate surface area is 128 Å². The van der Waals surface area contributed by atoms with Gasteiger partial charge in [-0.2, -0.15) is 10.2 Å². The molecule has 0 aliphatic carbocycles. The number of carbonyl (C=O) groups excluding carboxylic acids is 1. The van der Waals surface area contributed by atoms with E-state index in [2.05, 4.69) is 15.1 Å². The summed E-state index contributed by atoms with van der Waals surface area (Å²) in [6, 6.07) is 5.52. The van der Waals surface area contributed by atoms with Crippen LogP contribution >= 0.6 is 0 Å². The predicted molar refractivity (Wildman–Crippen MR) is 81.7 cm³/mol. The number of aromatic nitrogens is 2. The van der Waals surface area contributed by atoms with Crippen molar-refractivity contribution in [1.29, 1.82) is 0 Å². The third-order valence-electron chi connectivity index (χ3n) is 4.08. The van der Waals surface area contributed by atoms with Crippen molar-refractivity contribution in [3.8, 4) is 5.75 Å². The summed E-state index contributed by atoms with van der Waals surface area (Å²) in [5.74, 6) is 1.02. The molecule has 22 heavy (non-hydrogen) atoms. The molecule has 0 amide bonds. The number of aliphatic hydroxyl groups is 1. The van der Waals surface area contributed by atoms with E-state index in [9.17, 15) is 9.90 Å².